The van der Waals surface area contributed by atoms with Crippen LogP contribution in [0.5, 0.6) is 0 Å². The number of hydrogen-bond donors (Lipinski definition) is 2. The number of nitrogens with two attached hydrogens (primary N) is 1. The van der Waals surface area contributed by atoms with E-state index in [2.05, 4.69) is 21.2 Å². The molecule has 1 fully saturated rings. The minimum atomic E-state index is -0.319. The van der Waals surface area contributed by atoms with Crippen LogP contribution < -0.4 is 16.0 Å². The van der Waals surface area contributed by atoms with Crippen molar-refractivity contribution in [3.8, 4) is 0 Å². The Balaban J connectivity index is 2.36. The van der Waals surface area contributed by atoms with E-state index in [0.29, 0.717) is 6.42 Å². The lowest BCUT2D eigenvalue weighted by Gasteiger charge is -2.35. The third-order valence-corrected chi connectivity index (χ3v) is 4.14. The first kappa shape index (κ1) is 15.0. The Bertz CT molecular complexity index is 545. The summed E-state index contributed by atoms with van der Waals surface area (Å²) in [4.78, 5) is 25.3. The van der Waals surface area contributed by atoms with Crippen LogP contribution in [-0.4, -0.2) is 24.4 Å². The first-order chi connectivity index (χ1) is 9.43. The highest BCUT2D eigenvalue weighted by molar-refractivity contribution is 9.10. The van der Waals surface area contributed by atoms with Crippen LogP contribution in [0.25, 0.3) is 0 Å². The molecule has 2 atom stereocenters. The van der Waals surface area contributed by atoms with Gasteiger partial charge in [-0.15, -0.1) is 0 Å². The number of anilines is 1. The molecule has 0 aliphatic carbocycles. The van der Waals surface area contributed by atoms with Crippen LogP contribution in [0.15, 0.2) is 22.7 Å². The molecular formula is C14H18BrN3O2. The lowest BCUT2D eigenvalue weighted by atomic mass is 10.1. The zero-order chi connectivity index (χ0) is 14.9. The number of amides is 2. The molecule has 0 radical (unpaired) electrons. The summed E-state index contributed by atoms with van der Waals surface area (Å²) in [6, 6.07) is 5.34. The molecule has 2 rings (SSSR count). The van der Waals surface area contributed by atoms with E-state index in [0.717, 1.165) is 15.7 Å². The van der Waals surface area contributed by atoms with Crippen molar-refractivity contribution in [2.24, 2.45) is 5.73 Å². The topological polar surface area (TPSA) is 75.4 Å². The molecule has 1 saturated heterocycles. The Kier molecular flexibility index (Phi) is 4.45. The van der Waals surface area contributed by atoms with Crippen molar-refractivity contribution >= 4 is 33.4 Å². The van der Waals surface area contributed by atoms with Gasteiger partial charge in [-0.3, -0.25) is 14.9 Å². The Morgan fingerprint density at radius 3 is 2.75 bits per heavy atom. The standard InChI is InChI=1S/C14H18BrN3O2/c1-3-12-14(20)17-13(19)7-18(12)9-4-5-10(8(2)16)11(15)6-9/h4-6,8,12H,3,7,16H2,1-2H3,(H,17,19,20). The van der Waals surface area contributed by atoms with E-state index in [1.165, 1.54) is 0 Å². The summed E-state index contributed by atoms with van der Waals surface area (Å²) in [5, 5.41) is 2.37. The van der Waals surface area contributed by atoms with Gasteiger partial charge in [0.1, 0.15) is 6.04 Å². The zero-order valence-electron chi connectivity index (χ0n) is 11.5. The quantitative estimate of drug-likeness (QED) is 0.822. The number of nitrogens with one attached hydrogen (secondary N) is 1. The molecular weight excluding hydrogens is 322 g/mol. The number of piperazine rings is 1. The molecule has 2 unspecified atom stereocenters. The van der Waals surface area contributed by atoms with Crippen LogP contribution in [0.2, 0.25) is 0 Å². The maximum absolute atomic E-state index is 11.9. The normalized spacial score (nSPS) is 20.8. The molecule has 3 N–H and O–H groups in total. The third kappa shape index (κ3) is 2.86. The number of halogens is 1. The molecule has 1 aromatic carbocycles. The van der Waals surface area contributed by atoms with Gasteiger partial charge in [-0.2, -0.15) is 0 Å². The molecule has 108 valence electrons. The summed E-state index contributed by atoms with van der Waals surface area (Å²) in [5.74, 6) is -0.511. The maximum atomic E-state index is 11.9. The number of carbonyl (C=O) groups is 2. The average molecular weight is 340 g/mol. The second-order valence-corrected chi connectivity index (χ2v) is 5.81. The van der Waals surface area contributed by atoms with Crippen molar-refractivity contribution in [3.63, 3.8) is 0 Å². The highest BCUT2D eigenvalue weighted by Crippen LogP contribution is 2.29. The van der Waals surface area contributed by atoms with E-state index < -0.39 is 0 Å². The molecule has 6 heteroatoms. The average Bonchev–Trinajstić information content (AvgIpc) is 2.37. The van der Waals surface area contributed by atoms with Crippen LogP contribution in [0.1, 0.15) is 31.9 Å². The van der Waals surface area contributed by atoms with Crippen molar-refractivity contribution in [1.29, 1.82) is 0 Å². The fourth-order valence-electron chi connectivity index (χ4n) is 2.41. The molecule has 1 aromatic rings. The molecule has 0 aromatic heterocycles. The van der Waals surface area contributed by atoms with E-state index in [-0.39, 0.29) is 30.4 Å². The van der Waals surface area contributed by atoms with Gasteiger partial charge in [0.05, 0.1) is 6.54 Å². The Labute approximate surface area is 126 Å². The van der Waals surface area contributed by atoms with Crippen molar-refractivity contribution in [2.45, 2.75) is 32.4 Å². The van der Waals surface area contributed by atoms with E-state index in [1.807, 2.05) is 36.9 Å². The predicted molar refractivity (Wildman–Crippen MR) is 81.3 cm³/mol. The summed E-state index contributed by atoms with van der Waals surface area (Å²) in [6.07, 6.45) is 0.645. The van der Waals surface area contributed by atoms with Crippen LogP contribution in [0, 0.1) is 0 Å². The third-order valence-electron chi connectivity index (χ3n) is 3.45. The highest BCUT2D eigenvalue weighted by atomic mass is 79.9. The summed E-state index contributed by atoms with van der Waals surface area (Å²) in [5.41, 5.74) is 7.72. The van der Waals surface area contributed by atoms with E-state index >= 15 is 0 Å². The molecule has 1 heterocycles. The van der Waals surface area contributed by atoms with Crippen molar-refractivity contribution in [2.75, 3.05) is 11.4 Å². The Morgan fingerprint density at radius 2 is 2.20 bits per heavy atom. The fraction of sp³-hybridized carbons (Fsp3) is 0.429. The van der Waals surface area contributed by atoms with Crippen molar-refractivity contribution in [3.05, 3.63) is 28.2 Å². The zero-order valence-corrected chi connectivity index (χ0v) is 13.1. The summed E-state index contributed by atoms with van der Waals surface area (Å²) in [7, 11) is 0. The van der Waals surface area contributed by atoms with Crippen LogP contribution in [-0.2, 0) is 9.59 Å². The van der Waals surface area contributed by atoms with Crippen LogP contribution >= 0.6 is 15.9 Å². The van der Waals surface area contributed by atoms with Gasteiger partial charge < -0.3 is 10.6 Å². The summed E-state index contributed by atoms with van der Waals surface area (Å²) < 4.78 is 0.887. The van der Waals surface area contributed by atoms with Crippen LogP contribution in [0.3, 0.4) is 0 Å². The van der Waals surface area contributed by atoms with E-state index in [9.17, 15) is 9.59 Å². The maximum Gasteiger partial charge on any atom is 0.249 e. The summed E-state index contributed by atoms with van der Waals surface area (Å²) in [6.45, 7) is 4.03. The molecule has 5 nitrogen and oxygen atoms in total. The number of benzene rings is 1. The number of rotatable bonds is 3. The first-order valence-corrected chi connectivity index (χ1v) is 7.38. The van der Waals surface area contributed by atoms with E-state index in [4.69, 9.17) is 5.73 Å². The molecule has 0 spiro atoms. The van der Waals surface area contributed by atoms with E-state index in [1.54, 1.807) is 0 Å². The predicted octanol–water partition coefficient (Wildman–Crippen LogP) is 1.71. The lowest BCUT2D eigenvalue weighted by Crippen LogP contribution is -2.58. The lowest BCUT2D eigenvalue weighted by molar-refractivity contribution is -0.132. The first-order valence-electron chi connectivity index (χ1n) is 6.59. The van der Waals surface area contributed by atoms with Gasteiger partial charge >= 0.3 is 0 Å². The molecule has 0 saturated carbocycles. The molecule has 20 heavy (non-hydrogen) atoms. The molecule has 1 aliphatic rings. The van der Waals surface area contributed by atoms with Gasteiger partial charge in [0.2, 0.25) is 11.8 Å². The second kappa shape index (κ2) is 5.93. The monoisotopic (exact) mass is 339 g/mol. The van der Waals surface area contributed by atoms with Gasteiger partial charge in [-0.1, -0.05) is 28.9 Å². The minimum absolute atomic E-state index is 0.0771. The molecule has 1 aliphatic heterocycles. The summed E-state index contributed by atoms with van der Waals surface area (Å²) >= 11 is 3.49. The Hall–Kier alpha value is -1.40. The molecule has 2 amide bonds. The number of imide groups is 1. The van der Waals surface area contributed by atoms with Crippen molar-refractivity contribution < 1.29 is 9.59 Å². The smallest absolute Gasteiger partial charge is 0.249 e. The van der Waals surface area contributed by atoms with Crippen molar-refractivity contribution in [1.82, 2.24) is 5.32 Å². The SMILES string of the molecule is CCC1C(=O)NC(=O)CN1c1ccc(C(C)N)c(Br)c1. The van der Waals surface area contributed by atoms with Crippen LogP contribution in [0.4, 0.5) is 5.69 Å². The van der Waals surface area contributed by atoms with Gasteiger partial charge in [0.25, 0.3) is 0 Å². The fourth-order valence-corrected chi connectivity index (χ4v) is 3.14. The van der Waals surface area contributed by atoms with Gasteiger partial charge in [-0.25, -0.2) is 0 Å². The molecule has 0 bridgehead atoms. The van der Waals surface area contributed by atoms with Gasteiger partial charge in [-0.05, 0) is 31.0 Å². The number of hydrogen-bond acceptors (Lipinski definition) is 4. The largest absolute Gasteiger partial charge is 0.350 e. The number of nitrogens with zero attached hydrogens (tertiary/aromatic N) is 1. The highest BCUT2D eigenvalue weighted by Gasteiger charge is 2.32. The Morgan fingerprint density at radius 1 is 1.50 bits per heavy atom. The second-order valence-electron chi connectivity index (χ2n) is 4.96. The minimum Gasteiger partial charge on any atom is -0.350 e. The van der Waals surface area contributed by atoms with Gasteiger partial charge in [0.15, 0.2) is 0 Å². The number of carbonyl (C=O) groups excluding carboxylic acids is 2. The van der Waals surface area contributed by atoms with Gasteiger partial charge in [0, 0.05) is 16.2 Å².